The zero-order valence-corrected chi connectivity index (χ0v) is 12.0. The molecule has 3 N–H and O–H groups in total. The van der Waals surface area contributed by atoms with Crippen LogP contribution in [-0.4, -0.2) is 12.5 Å². The number of rotatable bonds is 4. The molecule has 0 atom stereocenters. The largest absolute Gasteiger partial charge is 0.484 e. The van der Waals surface area contributed by atoms with Crippen LogP contribution >= 0.6 is 0 Å². The van der Waals surface area contributed by atoms with Crippen molar-refractivity contribution in [1.29, 1.82) is 0 Å². The van der Waals surface area contributed by atoms with Crippen molar-refractivity contribution in [3.63, 3.8) is 0 Å². The lowest BCUT2D eigenvalue weighted by Gasteiger charge is -2.08. The molecule has 22 heavy (non-hydrogen) atoms. The molecule has 3 rings (SSSR count). The molecule has 0 aliphatic carbocycles. The highest BCUT2D eigenvalue weighted by Gasteiger charge is 2.04. The lowest BCUT2D eigenvalue weighted by Crippen LogP contribution is -2.20. The van der Waals surface area contributed by atoms with Crippen molar-refractivity contribution in [3.05, 3.63) is 66.7 Å². The third-order valence-corrected chi connectivity index (χ3v) is 3.26. The molecule has 0 aromatic heterocycles. The highest BCUT2D eigenvalue weighted by atomic mass is 16.5. The van der Waals surface area contributed by atoms with Crippen molar-refractivity contribution in [2.75, 3.05) is 17.7 Å². The molecule has 0 heterocycles. The van der Waals surface area contributed by atoms with Crippen molar-refractivity contribution < 1.29 is 9.53 Å². The van der Waals surface area contributed by atoms with Crippen LogP contribution in [-0.2, 0) is 4.79 Å². The minimum absolute atomic E-state index is 0.0485. The second-order valence-corrected chi connectivity index (χ2v) is 4.97. The van der Waals surface area contributed by atoms with Gasteiger partial charge in [0.05, 0.1) is 0 Å². The topological polar surface area (TPSA) is 64.3 Å². The van der Waals surface area contributed by atoms with Gasteiger partial charge in [-0.15, -0.1) is 0 Å². The number of nitrogens with two attached hydrogens (primary N) is 1. The SMILES string of the molecule is Nc1cccc(NC(=O)COc2ccc3ccccc3c2)c1. The van der Waals surface area contributed by atoms with E-state index in [1.54, 1.807) is 24.3 Å². The minimum Gasteiger partial charge on any atom is -0.484 e. The number of nitrogens with one attached hydrogen (secondary N) is 1. The predicted octanol–water partition coefficient (Wildman–Crippen LogP) is 3.44. The van der Waals surface area contributed by atoms with Gasteiger partial charge in [0.15, 0.2) is 6.61 Å². The minimum atomic E-state index is -0.223. The highest BCUT2D eigenvalue weighted by molar-refractivity contribution is 5.92. The van der Waals surface area contributed by atoms with Crippen LogP contribution in [0.2, 0.25) is 0 Å². The summed E-state index contributed by atoms with van der Waals surface area (Å²) in [4.78, 5) is 11.9. The summed E-state index contributed by atoms with van der Waals surface area (Å²) >= 11 is 0. The van der Waals surface area contributed by atoms with E-state index >= 15 is 0 Å². The fourth-order valence-electron chi connectivity index (χ4n) is 2.22. The van der Waals surface area contributed by atoms with E-state index in [-0.39, 0.29) is 12.5 Å². The molecule has 3 aromatic carbocycles. The van der Waals surface area contributed by atoms with Gasteiger partial charge >= 0.3 is 0 Å². The molecule has 0 unspecified atom stereocenters. The molecule has 0 bridgehead atoms. The van der Waals surface area contributed by atoms with Gasteiger partial charge in [-0.1, -0.05) is 36.4 Å². The number of carbonyl (C=O) groups excluding carboxylic acids is 1. The second kappa shape index (κ2) is 6.18. The van der Waals surface area contributed by atoms with Gasteiger partial charge in [-0.3, -0.25) is 4.79 Å². The van der Waals surface area contributed by atoms with E-state index in [4.69, 9.17) is 10.5 Å². The molecule has 4 nitrogen and oxygen atoms in total. The summed E-state index contributed by atoms with van der Waals surface area (Å²) in [5, 5.41) is 4.96. The lowest BCUT2D eigenvalue weighted by molar-refractivity contribution is -0.118. The average molecular weight is 292 g/mol. The summed E-state index contributed by atoms with van der Waals surface area (Å²) < 4.78 is 5.54. The van der Waals surface area contributed by atoms with Crippen LogP contribution in [0.4, 0.5) is 11.4 Å². The Morgan fingerprint density at radius 3 is 2.59 bits per heavy atom. The molecule has 0 spiro atoms. The molecule has 3 aromatic rings. The third-order valence-electron chi connectivity index (χ3n) is 3.26. The molecule has 4 heteroatoms. The fourth-order valence-corrected chi connectivity index (χ4v) is 2.22. The summed E-state index contributed by atoms with van der Waals surface area (Å²) in [5.74, 6) is 0.445. The van der Waals surface area contributed by atoms with Gasteiger partial charge in [0.2, 0.25) is 0 Å². The summed E-state index contributed by atoms with van der Waals surface area (Å²) in [5.41, 5.74) is 6.93. The first-order valence-corrected chi connectivity index (χ1v) is 6.98. The number of amides is 1. The normalized spacial score (nSPS) is 10.4. The van der Waals surface area contributed by atoms with Crippen LogP contribution < -0.4 is 15.8 Å². The van der Waals surface area contributed by atoms with E-state index in [2.05, 4.69) is 5.32 Å². The van der Waals surface area contributed by atoms with Crippen molar-refractivity contribution in [3.8, 4) is 5.75 Å². The number of carbonyl (C=O) groups is 1. The Labute approximate surface area is 128 Å². The zero-order valence-electron chi connectivity index (χ0n) is 12.0. The Morgan fingerprint density at radius 2 is 1.77 bits per heavy atom. The smallest absolute Gasteiger partial charge is 0.262 e. The molecule has 0 aliphatic heterocycles. The Bertz CT molecular complexity index is 815. The van der Waals surface area contributed by atoms with Gasteiger partial charge in [0.1, 0.15) is 5.75 Å². The van der Waals surface area contributed by atoms with Crippen LogP contribution in [0.1, 0.15) is 0 Å². The van der Waals surface area contributed by atoms with E-state index in [1.807, 2.05) is 42.5 Å². The first kappa shape index (κ1) is 13.9. The first-order valence-electron chi connectivity index (χ1n) is 6.98. The molecule has 0 radical (unpaired) electrons. The maximum absolute atomic E-state index is 11.9. The summed E-state index contributed by atoms with van der Waals surface area (Å²) in [6.45, 7) is -0.0485. The van der Waals surface area contributed by atoms with E-state index in [0.717, 1.165) is 10.8 Å². The monoisotopic (exact) mass is 292 g/mol. The van der Waals surface area contributed by atoms with E-state index in [0.29, 0.717) is 17.1 Å². The van der Waals surface area contributed by atoms with E-state index in [1.165, 1.54) is 0 Å². The van der Waals surface area contributed by atoms with E-state index in [9.17, 15) is 4.79 Å². The van der Waals surface area contributed by atoms with E-state index < -0.39 is 0 Å². The Balaban J connectivity index is 1.62. The number of benzene rings is 3. The predicted molar refractivity (Wildman–Crippen MR) is 88.9 cm³/mol. The van der Waals surface area contributed by atoms with Crippen LogP contribution in [0.5, 0.6) is 5.75 Å². The number of fused-ring (bicyclic) bond motifs is 1. The third kappa shape index (κ3) is 3.35. The number of hydrogen-bond donors (Lipinski definition) is 2. The van der Waals surface area contributed by atoms with Crippen LogP contribution in [0.3, 0.4) is 0 Å². The van der Waals surface area contributed by atoms with Crippen LogP contribution in [0.25, 0.3) is 10.8 Å². The second-order valence-electron chi connectivity index (χ2n) is 4.97. The fraction of sp³-hybridized carbons (Fsp3) is 0.0556. The summed E-state index contributed by atoms with van der Waals surface area (Å²) in [6, 6.07) is 20.8. The highest BCUT2D eigenvalue weighted by Crippen LogP contribution is 2.20. The van der Waals surface area contributed by atoms with Gasteiger partial charge < -0.3 is 15.8 Å². The van der Waals surface area contributed by atoms with Crippen LogP contribution in [0, 0.1) is 0 Å². The molecule has 0 aliphatic rings. The van der Waals surface area contributed by atoms with Gasteiger partial charge in [0, 0.05) is 11.4 Å². The van der Waals surface area contributed by atoms with Crippen LogP contribution in [0.15, 0.2) is 66.7 Å². The lowest BCUT2D eigenvalue weighted by atomic mass is 10.1. The van der Waals surface area contributed by atoms with Crippen molar-refractivity contribution in [2.45, 2.75) is 0 Å². The maximum atomic E-state index is 11.9. The first-order chi connectivity index (χ1) is 10.7. The Hall–Kier alpha value is -3.01. The summed E-state index contributed by atoms with van der Waals surface area (Å²) in [6.07, 6.45) is 0. The zero-order chi connectivity index (χ0) is 15.4. The number of ether oxygens (including phenoxy) is 1. The molecule has 0 saturated heterocycles. The van der Waals surface area contributed by atoms with Crippen molar-refractivity contribution in [1.82, 2.24) is 0 Å². The standard InChI is InChI=1S/C18H16N2O2/c19-15-6-3-7-16(11-15)20-18(21)12-22-17-9-8-13-4-1-2-5-14(13)10-17/h1-11H,12,19H2,(H,20,21). The Morgan fingerprint density at radius 1 is 0.955 bits per heavy atom. The van der Waals surface area contributed by atoms with Gasteiger partial charge in [0.25, 0.3) is 5.91 Å². The van der Waals surface area contributed by atoms with Gasteiger partial charge in [-0.2, -0.15) is 0 Å². The Kier molecular flexibility index (Phi) is 3.92. The van der Waals surface area contributed by atoms with Gasteiger partial charge in [-0.05, 0) is 41.1 Å². The molecule has 0 fully saturated rings. The molecule has 110 valence electrons. The maximum Gasteiger partial charge on any atom is 0.262 e. The van der Waals surface area contributed by atoms with Crippen molar-refractivity contribution >= 4 is 28.1 Å². The van der Waals surface area contributed by atoms with Gasteiger partial charge in [-0.25, -0.2) is 0 Å². The van der Waals surface area contributed by atoms with Crippen molar-refractivity contribution in [2.24, 2.45) is 0 Å². The quantitative estimate of drug-likeness (QED) is 0.724. The molecular weight excluding hydrogens is 276 g/mol. The number of nitrogen functional groups attached to an aromatic ring is 1. The molecule has 1 amide bonds. The molecular formula is C18H16N2O2. The number of anilines is 2. The molecule has 0 saturated carbocycles. The summed E-state index contributed by atoms with van der Waals surface area (Å²) in [7, 11) is 0. The average Bonchev–Trinajstić information content (AvgIpc) is 2.53. The number of hydrogen-bond acceptors (Lipinski definition) is 3.